The number of hydrogen-bond acceptors (Lipinski definition) is 4. The fourth-order valence-corrected chi connectivity index (χ4v) is 2.41. The molecule has 1 aromatic carbocycles. The molecule has 1 saturated carbocycles. The number of fused-ring (bicyclic) bond motifs is 3. The van der Waals surface area contributed by atoms with Crippen molar-refractivity contribution in [1.82, 2.24) is 10.5 Å². The molecule has 1 aliphatic carbocycles. The number of benzene rings is 1. The van der Waals surface area contributed by atoms with Crippen LogP contribution in [0.3, 0.4) is 0 Å². The maximum atomic E-state index is 12.1. The minimum atomic E-state index is -0.169. The Labute approximate surface area is 115 Å². The first-order chi connectivity index (χ1) is 9.72. The highest BCUT2D eigenvalue weighted by atomic mass is 16.5. The molecule has 1 aromatic heterocycles. The molecule has 102 valence electrons. The number of rotatable bonds is 2. The third-order valence-corrected chi connectivity index (χ3v) is 3.67. The van der Waals surface area contributed by atoms with Crippen LogP contribution in [0.2, 0.25) is 0 Å². The molecule has 0 saturated heterocycles. The molecule has 0 spiro atoms. The van der Waals surface area contributed by atoms with E-state index in [2.05, 4.69) is 10.5 Å². The van der Waals surface area contributed by atoms with Gasteiger partial charge < -0.3 is 14.6 Å². The lowest BCUT2D eigenvalue weighted by Gasteiger charge is -2.16. The summed E-state index contributed by atoms with van der Waals surface area (Å²) < 4.78 is 11.1. The van der Waals surface area contributed by atoms with E-state index in [0.717, 1.165) is 35.3 Å². The summed E-state index contributed by atoms with van der Waals surface area (Å²) in [5.74, 6) is 1.25. The van der Waals surface area contributed by atoms with Crippen LogP contribution in [0, 0.1) is 6.92 Å². The van der Waals surface area contributed by atoms with Crippen LogP contribution in [0.25, 0.3) is 11.3 Å². The Hall–Kier alpha value is -2.30. The van der Waals surface area contributed by atoms with Gasteiger partial charge in [-0.1, -0.05) is 16.8 Å². The lowest BCUT2D eigenvalue weighted by atomic mass is 10.0. The molecule has 5 heteroatoms. The molecule has 1 amide bonds. The molecule has 0 radical (unpaired) electrons. The van der Waals surface area contributed by atoms with Gasteiger partial charge >= 0.3 is 0 Å². The summed E-state index contributed by atoms with van der Waals surface area (Å²) in [6, 6.07) is 6.19. The van der Waals surface area contributed by atoms with Gasteiger partial charge in [0, 0.05) is 6.04 Å². The van der Waals surface area contributed by atoms with E-state index in [1.165, 1.54) is 0 Å². The highest BCUT2D eigenvalue weighted by molar-refractivity contribution is 5.96. The molecule has 2 aromatic rings. The van der Waals surface area contributed by atoms with E-state index in [0.29, 0.717) is 24.1 Å². The summed E-state index contributed by atoms with van der Waals surface area (Å²) in [6.45, 7) is 2.33. The quantitative estimate of drug-likeness (QED) is 0.910. The Morgan fingerprint density at radius 1 is 1.40 bits per heavy atom. The first-order valence-corrected chi connectivity index (χ1v) is 6.75. The maximum absolute atomic E-state index is 12.1. The average Bonchev–Trinajstić information content (AvgIpc) is 3.14. The third kappa shape index (κ3) is 1.78. The van der Waals surface area contributed by atoms with Crippen molar-refractivity contribution in [2.75, 3.05) is 0 Å². The maximum Gasteiger partial charge on any atom is 0.274 e. The van der Waals surface area contributed by atoms with Crippen molar-refractivity contribution in [3.63, 3.8) is 0 Å². The molecule has 0 unspecified atom stereocenters. The summed E-state index contributed by atoms with van der Waals surface area (Å²) >= 11 is 0. The minimum absolute atomic E-state index is 0.169. The average molecular weight is 270 g/mol. The summed E-state index contributed by atoms with van der Waals surface area (Å²) in [7, 11) is 0. The van der Waals surface area contributed by atoms with Gasteiger partial charge in [0.1, 0.15) is 12.4 Å². The predicted octanol–water partition coefficient (Wildman–Crippen LogP) is 2.43. The third-order valence-electron chi connectivity index (χ3n) is 3.67. The smallest absolute Gasteiger partial charge is 0.274 e. The molecule has 1 N–H and O–H groups in total. The summed E-state index contributed by atoms with van der Waals surface area (Å²) in [6.07, 6.45) is 2.09. The molecule has 2 heterocycles. The number of hydrogen-bond donors (Lipinski definition) is 1. The second kappa shape index (κ2) is 4.10. The minimum Gasteiger partial charge on any atom is -0.488 e. The van der Waals surface area contributed by atoms with Gasteiger partial charge in [-0.15, -0.1) is 0 Å². The van der Waals surface area contributed by atoms with Gasteiger partial charge in [0.25, 0.3) is 5.91 Å². The van der Waals surface area contributed by atoms with Crippen LogP contribution in [0.15, 0.2) is 22.7 Å². The largest absolute Gasteiger partial charge is 0.488 e. The van der Waals surface area contributed by atoms with Gasteiger partial charge in [-0.05, 0) is 31.9 Å². The molecular formula is C15H14N2O3. The van der Waals surface area contributed by atoms with E-state index < -0.39 is 0 Å². The number of carbonyl (C=O) groups excluding carboxylic acids is 1. The molecule has 2 aliphatic rings. The van der Waals surface area contributed by atoms with Gasteiger partial charge in [-0.25, -0.2) is 0 Å². The number of carbonyl (C=O) groups is 1. The Bertz CT molecular complexity index is 701. The van der Waals surface area contributed by atoms with Gasteiger partial charge in [0.05, 0.1) is 11.1 Å². The second-order valence-corrected chi connectivity index (χ2v) is 5.37. The van der Waals surface area contributed by atoms with Gasteiger partial charge in [0.2, 0.25) is 0 Å². The summed E-state index contributed by atoms with van der Waals surface area (Å²) in [4.78, 5) is 12.1. The normalized spacial score (nSPS) is 16.1. The first-order valence-electron chi connectivity index (χ1n) is 6.75. The number of aryl methyl sites for hydroxylation is 1. The number of nitrogens with one attached hydrogen (secondary N) is 1. The zero-order valence-electron chi connectivity index (χ0n) is 11.1. The molecule has 1 aliphatic heterocycles. The van der Waals surface area contributed by atoms with Crippen molar-refractivity contribution < 1.29 is 14.1 Å². The fourth-order valence-electron chi connectivity index (χ4n) is 2.41. The fraction of sp³-hybridized carbons (Fsp3) is 0.333. The van der Waals surface area contributed by atoms with Gasteiger partial charge in [-0.3, -0.25) is 4.79 Å². The van der Waals surface area contributed by atoms with Gasteiger partial charge in [-0.2, -0.15) is 0 Å². The highest BCUT2D eigenvalue weighted by Gasteiger charge is 2.31. The van der Waals surface area contributed by atoms with E-state index in [9.17, 15) is 4.79 Å². The van der Waals surface area contributed by atoms with E-state index in [1.54, 1.807) is 0 Å². The van der Waals surface area contributed by atoms with E-state index in [4.69, 9.17) is 9.26 Å². The number of ether oxygens (including phenoxy) is 1. The first kappa shape index (κ1) is 11.5. The molecule has 0 bridgehead atoms. The van der Waals surface area contributed by atoms with E-state index in [1.807, 2.05) is 25.1 Å². The standard InChI is InChI=1S/C15H14N2O3/c1-8-2-5-12-10(6-8)14-11(7-19-12)13(17-20-14)15(18)16-9-3-4-9/h2,5-6,9H,3-4,7H2,1H3,(H,16,18). The van der Waals surface area contributed by atoms with Crippen molar-refractivity contribution >= 4 is 5.91 Å². The predicted molar refractivity (Wildman–Crippen MR) is 71.5 cm³/mol. The molecule has 0 atom stereocenters. The van der Waals surface area contributed by atoms with Crippen LogP contribution in [-0.4, -0.2) is 17.1 Å². The van der Waals surface area contributed by atoms with Crippen molar-refractivity contribution in [2.24, 2.45) is 0 Å². The van der Waals surface area contributed by atoms with E-state index >= 15 is 0 Å². The lowest BCUT2D eigenvalue weighted by Crippen LogP contribution is -2.27. The Balaban J connectivity index is 1.75. The van der Waals surface area contributed by atoms with E-state index in [-0.39, 0.29) is 5.91 Å². The molecule has 1 fully saturated rings. The van der Waals surface area contributed by atoms with Crippen molar-refractivity contribution in [3.05, 3.63) is 35.0 Å². The van der Waals surface area contributed by atoms with Crippen LogP contribution >= 0.6 is 0 Å². The Morgan fingerprint density at radius 2 is 2.25 bits per heavy atom. The number of nitrogens with zero attached hydrogens (tertiary/aromatic N) is 1. The SMILES string of the molecule is Cc1ccc2c(c1)-c1onc(C(=O)NC3CC3)c1CO2. The van der Waals surface area contributed by atoms with Crippen molar-refractivity contribution in [2.45, 2.75) is 32.4 Å². The van der Waals surface area contributed by atoms with Crippen LogP contribution in [-0.2, 0) is 6.61 Å². The van der Waals surface area contributed by atoms with Crippen LogP contribution in [0.1, 0.15) is 34.5 Å². The summed E-state index contributed by atoms with van der Waals surface area (Å²) in [5, 5.41) is 6.86. The number of amides is 1. The van der Waals surface area contributed by atoms with Crippen molar-refractivity contribution in [3.8, 4) is 17.1 Å². The molecule has 20 heavy (non-hydrogen) atoms. The lowest BCUT2D eigenvalue weighted by molar-refractivity contribution is 0.0940. The van der Waals surface area contributed by atoms with Crippen LogP contribution in [0.4, 0.5) is 0 Å². The molecule has 4 rings (SSSR count). The van der Waals surface area contributed by atoms with Gasteiger partial charge in [0.15, 0.2) is 11.5 Å². The Kier molecular flexibility index (Phi) is 2.36. The molecule has 5 nitrogen and oxygen atoms in total. The van der Waals surface area contributed by atoms with Crippen molar-refractivity contribution in [1.29, 1.82) is 0 Å². The zero-order valence-corrected chi connectivity index (χ0v) is 11.1. The molecular weight excluding hydrogens is 256 g/mol. The zero-order chi connectivity index (χ0) is 13.7. The topological polar surface area (TPSA) is 64.4 Å². The number of aromatic nitrogens is 1. The monoisotopic (exact) mass is 270 g/mol. The highest BCUT2D eigenvalue weighted by Crippen LogP contribution is 2.39. The van der Waals surface area contributed by atoms with Crippen LogP contribution < -0.4 is 10.1 Å². The Morgan fingerprint density at radius 3 is 3.05 bits per heavy atom. The van der Waals surface area contributed by atoms with Crippen LogP contribution in [0.5, 0.6) is 5.75 Å². The second-order valence-electron chi connectivity index (χ2n) is 5.37. The summed E-state index contributed by atoms with van der Waals surface area (Å²) in [5.41, 5.74) is 3.06.